The number of nitrogens with zero attached hydrogens (tertiary/aromatic N) is 1. The van der Waals surface area contributed by atoms with E-state index in [0.29, 0.717) is 5.92 Å². The average Bonchev–Trinajstić information content (AvgIpc) is 2.25. The van der Waals surface area contributed by atoms with Crippen LogP contribution in [0.5, 0.6) is 0 Å². The molecule has 0 aromatic rings. The van der Waals surface area contributed by atoms with Gasteiger partial charge in [-0.15, -0.1) is 0 Å². The minimum Gasteiger partial charge on any atom is -0.329 e. The molecule has 0 aromatic carbocycles. The lowest BCUT2D eigenvalue weighted by molar-refractivity contribution is 0.246. The van der Waals surface area contributed by atoms with Crippen molar-refractivity contribution in [1.82, 2.24) is 5.32 Å². The Labute approximate surface area is 70.9 Å². The number of nitrogens with one attached hydrogen (secondary N) is 1. The van der Waals surface area contributed by atoms with Crippen LogP contribution in [-0.4, -0.2) is 18.3 Å². The van der Waals surface area contributed by atoms with Crippen molar-refractivity contribution in [3.05, 3.63) is 24.3 Å². The number of amides is 2. The summed E-state index contributed by atoms with van der Waals surface area (Å²) in [4.78, 5) is 14.7. The summed E-state index contributed by atoms with van der Waals surface area (Å²) in [6, 6.07) is -0.104. The van der Waals surface area contributed by atoms with Crippen molar-refractivity contribution in [3.8, 4) is 0 Å². The molecular formula is C9H10N2O. The van der Waals surface area contributed by atoms with E-state index in [0.717, 1.165) is 6.42 Å². The van der Waals surface area contributed by atoms with Crippen LogP contribution in [0.3, 0.4) is 0 Å². The zero-order chi connectivity index (χ0) is 8.39. The van der Waals surface area contributed by atoms with E-state index in [4.69, 9.17) is 0 Å². The van der Waals surface area contributed by atoms with E-state index in [1.165, 1.54) is 0 Å². The van der Waals surface area contributed by atoms with Gasteiger partial charge in [0.1, 0.15) is 0 Å². The molecule has 0 aromatic heterocycles. The van der Waals surface area contributed by atoms with E-state index < -0.39 is 0 Å². The van der Waals surface area contributed by atoms with Crippen LogP contribution in [0.25, 0.3) is 0 Å². The van der Waals surface area contributed by atoms with Crippen LogP contribution in [0.15, 0.2) is 29.3 Å². The number of fused-ring (bicyclic) bond motifs is 1. The van der Waals surface area contributed by atoms with Gasteiger partial charge in [-0.2, -0.15) is 0 Å². The lowest BCUT2D eigenvalue weighted by Crippen LogP contribution is -2.35. The maximum absolute atomic E-state index is 11.0. The molecule has 0 radical (unpaired) electrons. The Bertz CT molecular complexity index is 278. The standard InChI is InChI=1S/C9H10N2O/c12-9-10-6-5-7-3-1-2-4-8(7)11-9/h1-4,6-8H,5H2,(H,11,12). The molecule has 1 N–H and O–H groups in total. The van der Waals surface area contributed by atoms with Crippen LogP contribution in [0, 0.1) is 5.92 Å². The van der Waals surface area contributed by atoms with E-state index >= 15 is 0 Å². The molecule has 2 aliphatic rings. The first-order valence-electron chi connectivity index (χ1n) is 4.04. The van der Waals surface area contributed by atoms with Crippen LogP contribution >= 0.6 is 0 Å². The Morgan fingerprint density at radius 3 is 3.17 bits per heavy atom. The molecule has 1 heterocycles. The molecule has 62 valence electrons. The molecule has 2 rings (SSSR count). The van der Waals surface area contributed by atoms with Gasteiger partial charge in [-0.1, -0.05) is 24.3 Å². The number of urea groups is 1. The fourth-order valence-corrected chi connectivity index (χ4v) is 1.47. The van der Waals surface area contributed by atoms with Crippen molar-refractivity contribution in [2.75, 3.05) is 0 Å². The van der Waals surface area contributed by atoms with Crippen molar-refractivity contribution < 1.29 is 4.79 Å². The van der Waals surface area contributed by atoms with Crippen molar-refractivity contribution in [1.29, 1.82) is 0 Å². The minimum atomic E-state index is -0.234. The second-order valence-electron chi connectivity index (χ2n) is 2.96. The molecule has 0 spiro atoms. The quantitative estimate of drug-likeness (QED) is 0.572. The monoisotopic (exact) mass is 162 g/mol. The summed E-state index contributed by atoms with van der Waals surface area (Å²) < 4.78 is 0. The van der Waals surface area contributed by atoms with Crippen LogP contribution in [0.4, 0.5) is 4.79 Å². The number of hydrogen-bond acceptors (Lipinski definition) is 1. The summed E-state index contributed by atoms with van der Waals surface area (Å²) in [5.74, 6) is 0.380. The first-order chi connectivity index (χ1) is 5.86. The van der Waals surface area contributed by atoms with Gasteiger partial charge in [0, 0.05) is 12.1 Å². The number of carbonyl (C=O) groups is 1. The lowest BCUT2D eigenvalue weighted by atomic mass is 9.93. The van der Waals surface area contributed by atoms with Crippen molar-refractivity contribution in [2.24, 2.45) is 10.9 Å². The summed E-state index contributed by atoms with van der Waals surface area (Å²) in [7, 11) is 0. The second-order valence-corrected chi connectivity index (χ2v) is 2.96. The molecule has 0 saturated carbocycles. The summed E-state index contributed by atoms with van der Waals surface area (Å²) in [5.41, 5.74) is 0. The highest BCUT2D eigenvalue weighted by molar-refractivity contribution is 5.85. The second kappa shape index (κ2) is 2.93. The van der Waals surface area contributed by atoms with E-state index in [1.807, 2.05) is 18.2 Å². The van der Waals surface area contributed by atoms with Gasteiger partial charge in [0.2, 0.25) is 0 Å². The maximum Gasteiger partial charge on any atom is 0.341 e. The van der Waals surface area contributed by atoms with Gasteiger partial charge in [0.15, 0.2) is 0 Å². The molecule has 1 aliphatic carbocycles. The number of allylic oxidation sites excluding steroid dienone is 2. The number of rotatable bonds is 0. The fourth-order valence-electron chi connectivity index (χ4n) is 1.47. The molecule has 12 heavy (non-hydrogen) atoms. The average molecular weight is 162 g/mol. The molecule has 2 atom stereocenters. The molecule has 0 bridgehead atoms. The van der Waals surface area contributed by atoms with Gasteiger partial charge in [-0.3, -0.25) is 0 Å². The third-order valence-electron chi connectivity index (χ3n) is 2.13. The summed E-state index contributed by atoms with van der Waals surface area (Å²) in [5, 5.41) is 2.81. The molecule has 3 nitrogen and oxygen atoms in total. The summed E-state index contributed by atoms with van der Waals surface area (Å²) >= 11 is 0. The van der Waals surface area contributed by atoms with Gasteiger partial charge in [-0.25, -0.2) is 9.79 Å². The van der Waals surface area contributed by atoms with Gasteiger partial charge in [0.25, 0.3) is 0 Å². The molecule has 3 heteroatoms. The van der Waals surface area contributed by atoms with Crippen LogP contribution in [0.1, 0.15) is 6.42 Å². The lowest BCUT2D eigenvalue weighted by Gasteiger charge is -2.20. The minimum absolute atomic E-state index is 0.130. The molecule has 2 amide bonds. The van der Waals surface area contributed by atoms with Gasteiger partial charge < -0.3 is 5.32 Å². The SMILES string of the molecule is O=C1N=CCC2C=CC=CC2N1. The van der Waals surface area contributed by atoms with E-state index in [2.05, 4.69) is 16.4 Å². The van der Waals surface area contributed by atoms with E-state index in [1.54, 1.807) is 6.21 Å². The van der Waals surface area contributed by atoms with Crippen molar-refractivity contribution >= 4 is 12.2 Å². The van der Waals surface area contributed by atoms with Gasteiger partial charge in [-0.05, 0) is 6.42 Å². The maximum atomic E-state index is 11.0. The normalized spacial score (nSPS) is 32.5. The highest BCUT2D eigenvalue weighted by atomic mass is 16.2. The number of carbonyl (C=O) groups excluding carboxylic acids is 1. The molecule has 0 fully saturated rings. The van der Waals surface area contributed by atoms with Gasteiger partial charge >= 0.3 is 6.03 Å². The van der Waals surface area contributed by atoms with Crippen LogP contribution in [0.2, 0.25) is 0 Å². The predicted octanol–water partition coefficient (Wildman–Crippen LogP) is 1.28. The third-order valence-corrected chi connectivity index (χ3v) is 2.13. The predicted molar refractivity (Wildman–Crippen MR) is 47.2 cm³/mol. The van der Waals surface area contributed by atoms with E-state index in [9.17, 15) is 4.79 Å². The Kier molecular flexibility index (Phi) is 1.78. The highest BCUT2D eigenvalue weighted by Crippen LogP contribution is 2.17. The first-order valence-corrected chi connectivity index (χ1v) is 4.04. The summed E-state index contributed by atoms with van der Waals surface area (Å²) in [6.07, 6.45) is 10.6. The van der Waals surface area contributed by atoms with Crippen LogP contribution < -0.4 is 5.32 Å². The summed E-state index contributed by atoms with van der Waals surface area (Å²) in [6.45, 7) is 0. The molecule has 2 unspecified atom stereocenters. The fraction of sp³-hybridized carbons (Fsp3) is 0.333. The van der Waals surface area contributed by atoms with Gasteiger partial charge in [0.05, 0.1) is 6.04 Å². The zero-order valence-electron chi connectivity index (χ0n) is 6.60. The Morgan fingerprint density at radius 1 is 1.42 bits per heavy atom. The third kappa shape index (κ3) is 1.30. The molecule has 0 saturated heterocycles. The Hall–Kier alpha value is -1.38. The number of hydrogen-bond donors (Lipinski definition) is 1. The Balaban J connectivity index is 2.19. The van der Waals surface area contributed by atoms with E-state index in [-0.39, 0.29) is 12.1 Å². The highest BCUT2D eigenvalue weighted by Gasteiger charge is 2.21. The first kappa shape index (κ1) is 7.28. The zero-order valence-corrected chi connectivity index (χ0v) is 6.60. The Morgan fingerprint density at radius 2 is 2.25 bits per heavy atom. The molecular weight excluding hydrogens is 152 g/mol. The van der Waals surface area contributed by atoms with Crippen molar-refractivity contribution in [3.63, 3.8) is 0 Å². The smallest absolute Gasteiger partial charge is 0.329 e. The van der Waals surface area contributed by atoms with Crippen molar-refractivity contribution in [2.45, 2.75) is 12.5 Å². The topological polar surface area (TPSA) is 41.5 Å². The number of aliphatic imine (C=N–C) groups is 1. The van der Waals surface area contributed by atoms with Crippen LogP contribution in [-0.2, 0) is 0 Å². The molecule has 1 aliphatic heterocycles. The largest absolute Gasteiger partial charge is 0.341 e.